The lowest BCUT2D eigenvalue weighted by Crippen LogP contribution is -2.22. The number of rotatable bonds is 3. The van der Waals surface area contributed by atoms with Crippen LogP contribution in [0.4, 0.5) is 8.78 Å². The summed E-state index contributed by atoms with van der Waals surface area (Å²) in [5.41, 5.74) is 0. The van der Waals surface area contributed by atoms with E-state index in [1.807, 2.05) is 0 Å². The fourth-order valence-electron chi connectivity index (χ4n) is 0.511. The van der Waals surface area contributed by atoms with E-state index >= 15 is 0 Å². The highest BCUT2D eigenvalue weighted by Gasteiger charge is 2.31. The molecule has 0 heterocycles. The topological polar surface area (TPSA) is 0 Å². The second-order valence-electron chi connectivity index (χ2n) is 2.69. The first-order valence-corrected chi connectivity index (χ1v) is 3.49. The predicted octanol–water partition coefficient (Wildman–Crippen LogP) is 3.24. The van der Waals surface area contributed by atoms with Gasteiger partial charge in [0, 0.05) is 12.3 Å². The van der Waals surface area contributed by atoms with Crippen molar-refractivity contribution in [3.8, 4) is 0 Å². The zero-order valence-corrected chi connectivity index (χ0v) is 6.70. The van der Waals surface area contributed by atoms with Crippen molar-refractivity contribution in [1.82, 2.24) is 0 Å². The van der Waals surface area contributed by atoms with Crippen LogP contribution in [-0.2, 0) is 0 Å². The summed E-state index contributed by atoms with van der Waals surface area (Å²) in [5, 5.41) is 0. The van der Waals surface area contributed by atoms with Crippen LogP contribution in [0.3, 0.4) is 0 Å². The number of hydrogen-bond donors (Lipinski definition) is 0. The van der Waals surface area contributed by atoms with E-state index in [0.29, 0.717) is 0 Å². The zero-order valence-electron chi connectivity index (χ0n) is 6.70. The van der Waals surface area contributed by atoms with E-state index in [9.17, 15) is 8.78 Å². The van der Waals surface area contributed by atoms with Gasteiger partial charge < -0.3 is 0 Å². The zero-order chi connectivity index (χ0) is 8.20. The Bertz CT molecular complexity index is 114. The van der Waals surface area contributed by atoms with Crippen molar-refractivity contribution in [1.29, 1.82) is 0 Å². The van der Waals surface area contributed by atoms with Gasteiger partial charge in [0.2, 0.25) is 0 Å². The van der Waals surface area contributed by atoms with Crippen LogP contribution in [0, 0.1) is 5.92 Å². The van der Waals surface area contributed by atoms with Crippen LogP contribution in [0.15, 0.2) is 12.2 Å². The molecule has 0 N–H and O–H groups in total. The quantitative estimate of drug-likeness (QED) is 0.539. The first kappa shape index (κ1) is 9.60. The molecule has 0 saturated heterocycles. The SMILES string of the molecule is C/C=C/CC(F)(F)C(C)C. The molecule has 0 fully saturated rings. The molecule has 0 spiro atoms. The molecule has 0 aliphatic carbocycles. The summed E-state index contributed by atoms with van der Waals surface area (Å²) in [5.74, 6) is -3.10. The fourth-order valence-corrected chi connectivity index (χ4v) is 0.511. The maximum atomic E-state index is 12.7. The van der Waals surface area contributed by atoms with Crippen LogP contribution < -0.4 is 0 Å². The first-order valence-electron chi connectivity index (χ1n) is 3.49. The third-order valence-electron chi connectivity index (χ3n) is 1.47. The highest BCUT2D eigenvalue weighted by molar-refractivity contribution is 4.85. The van der Waals surface area contributed by atoms with E-state index in [-0.39, 0.29) is 6.42 Å². The van der Waals surface area contributed by atoms with E-state index in [1.54, 1.807) is 13.0 Å². The molecule has 0 aromatic carbocycles. The molecule has 60 valence electrons. The lowest BCUT2D eigenvalue weighted by atomic mass is 10.0. The molecule has 0 amide bonds. The highest BCUT2D eigenvalue weighted by atomic mass is 19.3. The number of hydrogen-bond acceptors (Lipinski definition) is 0. The molecule has 0 rings (SSSR count). The van der Waals surface area contributed by atoms with Gasteiger partial charge in [0.15, 0.2) is 0 Å². The van der Waals surface area contributed by atoms with Gasteiger partial charge in [-0.2, -0.15) is 0 Å². The van der Waals surface area contributed by atoms with Crippen molar-refractivity contribution in [2.45, 2.75) is 33.1 Å². The summed E-state index contributed by atoms with van der Waals surface area (Å²) < 4.78 is 25.4. The van der Waals surface area contributed by atoms with Gasteiger partial charge in [0.25, 0.3) is 5.92 Å². The molecule has 0 nitrogen and oxygen atoms in total. The minimum absolute atomic E-state index is 0.138. The van der Waals surface area contributed by atoms with Gasteiger partial charge in [0.1, 0.15) is 0 Å². The van der Waals surface area contributed by atoms with Crippen molar-refractivity contribution in [2.24, 2.45) is 5.92 Å². The Morgan fingerprint density at radius 2 is 1.90 bits per heavy atom. The molecular weight excluding hydrogens is 134 g/mol. The van der Waals surface area contributed by atoms with Gasteiger partial charge in [-0.25, -0.2) is 8.78 Å². The molecule has 2 heteroatoms. The summed E-state index contributed by atoms with van der Waals surface area (Å²) in [7, 11) is 0. The maximum absolute atomic E-state index is 12.7. The van der Waals surface area contributed by atoms with Crippen molar-refractivity contribution < 1.29 is 8.78 Å². The van der Waals surface area contributed by atoms with Gasteiger partial charge >= 0.3 is 0 Å². The molecule has 0 unspecified atom stereocenters. The van der Waals surface area contributed by atoms with Gasteiger partial charge in [-0.15, -0.1) is 0 Å². The third kappa shape index (κ3) is 2.95. The van der Waals surface area contributed by atoms with Crippen LogP contribution in [0.2, 0.25) is 0 Å². The van der Waals surface area contributed by atoms with Gasteiger partial charge in [-0.05, 0) is 6.92 Å². The normalized spacial score (nSPS) is 13.4. The highest BCUT2D eigenvalue weighted by Crippen LogP contribution is 2.27. The Kier molecular flexibility index (Phi) is 3.54. The van der Waals surface area contributed by atoms with Crippen molar-refractivity contribution in [3.05, 3.63) is 12.2 Å². The molecule has 0 bridgehead atoms. The van der Waals surface area contributed by atoms with E-state index < -0.39 is 11.8 Å². The van der Waals surface area contributed by atoms with E-state index in [4.69, 9.17) is 0 Å². The minimum Gasteiger partial charge on any atom is -0.206 e. The second kappa shape index (κ2) is 3.69. The first-order chi connectivity index (χ1) is 4.50. The molecule has 0 aromatic heterocycles. The molecule has 0 aliphatic heterocycles. The summed E-state index contributed by atoms with van der Waals surface area (Å²) >= 11 is 0. The molecule has 0 saturated carbocycles. The molecule has 0 aliphatic rings. The van der Waals surface area contributed by atoms with Crippen molar-refractivity contribution in [3.63, 3.8) is 0 Å². The van der Waals surface area contributed by atoms with E-state index in [1.165, 1.54) is 19.9 Å². The van der Waals surface area contributed by atoms with E-state index in [2.05, 4.69) is 0 Å². The molecule has 0 atom stereocenters. The predicted molar refractivity (Wildman–Crippen MR) is 39.2 cm³/mol. The standard InChI is InChI=1S/C8H14F2/c1-4-5-6-8(9,10)7(2)3/h4-5,7H,6H2,1-3H3/b5-4+. The van der Waals surface area contributed by atoms with Gasteiger partial charge in [0.05, 0.1) is 0 Å². The molecule has 0 aromatic rings. The monoisotopic (exact) mass is 148 g/mol. The maximum Gasteiger partial charge on any atom is 0.253 e. The molecular formula is C8H14F2. The van der Waals surface area contributed by atoms with Crippen LogP contribution in [-0.4, -0.2) is 5.92 Å². The lowest BCUT2D eigenvalue weighted by molar-refractivity contribution is -0.0414. The smallest absolute Gasteiger partial charge is 0.206 e. The Balaban J connectivity index is 3.86. The Labute approximate surface area is 60.9 Å². The van der Waals surface area contributed by atoms with Crippen LogP contribution in [0.25, 0.3) is 0 Å². The lowest BCUT2D eigenvalue weighted by Gasteiger charge is -2.17. The second-order valence-corrected chi connectivity index (χ2v) is 2.69. The summed E-state index contributed by atoms with van der Waals surface area (Å²) in [6, 6.07) is 0. The Morgan fingerprint density at radius 3 is 2.20 bits per heavy atom. The minimum atomic E-state index is -2.54. The van der Waals surface area contributed by atoms with Crippen molar-refractivity contribution in [2.75, 3.05) is 0 Å². The van der Waals surface area contributed by atoms with Crippen LogP contribution in [0.5, 0.6) is 0 Å². The largest absolute Gasteiger partial charge is 0.253 e. The van der Waals surface area contributed by atoms with Crippen LogP contribution in [0.1, 0.15) is 27.2 Å². The van der Waals surface area contributed by atoms with Gasteiger partial charge in [-0.3, -0.25) is 0 Å². The third-order valence-corrected chi connectivity index (χ3v) is 1.47. The summed E-state index contributed by atoms with van der Waals surface area (Å²) in [4.78, 5) is 0. The average molecular weight is 148 g/mol. The van der Waals surface area contributed by atoms with Crippen molar-refractivity contribution >= 4 is 0 Å². The number of allylic oxidation sites excluding steroid dienone is 2. The fraction of sp³-hybridized carbons (Fsp3) is 0.750. The van der Waals surface area contributed by atoms with E-state index in [0.717, 1.165) is 0 Å². The van der Waals surface area contributed by atoms with Crippen LogP contribution >= 0.6 is 0 Å². The Morgan fingerprint density at radius 1 is 1.40 bits per heavy atom. The molecule has 10 heavy (non-hydrogen) atoms. The number of alkyl halides is 2. The average Bonchev–Trinajstić information content (AvgIpc) is 1.84. The molecule has 0 radical (unpaired) electrons. The number of halogens is 2. The summed E-state index contributed by atoms with van der Waals surface area (Å²) in [6.07, 6.45) is 3.01. The van der Waals surface area contributed by atoms with Gasteiger partial charge in [-0.1, -0.05) is 26.0 Å². The summed E-state index contributed by atoms with van der Waals surface area (Å²) in [6.45, 7) is 4.81. The Hall–Kier alpha value is -0.400.